The first-order valence-corrected chi connectivity index (χ1v) is 18.4. The molecule has 4 unspecified atom stereocenters. The van der Waals surface area contributed by atoms with Crippen LogP contribution in [-0.2, 0) is 48.7 Å². The Kier molecular flexibility index (Phi) is 14.2. The molecule has 0 aromatic heterocycles. The summed E-state index contributed by atoms with van der Waals surface area (Å²) in [6.45, 7) is -0.702. The van der Waals surface area contributed by atoms with Gasteiger partial charge < -0.3 is 38.6 Å². The van der Waals surface area contributed by atoms with Crippen molar-refractivity contribution in [3.63, 3.8) is 0 Å². The second kappa shape index (κ2) is 18.7. The van der Waals surface area contributed by atoms with Crippen molar-refractivity contribution in [2.75, 3.05) is 41.7 Å². The molecule has 1 saturated heterocycles. The van der Waals surface area contributed by atoms with Crippen LogP contribution in [0.25, 0.3) is 0 Å². The van der Waals surface area contributed by atoms with Crippen molar-refractivity contribution >= 4 is 10.2 Å². The van der Waals surface area contributed by atoms with Gasteiger partial charge in [0.2, 0.25) is 0 Å². The van der Waals surface area contributed by atoms with E-state index in [1.165, 1.54) is 22.8 Å². The van der Waals surface area contributed by atoms with E-state index in [1.807, 2.05) is 36.4 Å². The number of hydrogen-bond acceptors (Lipinski definition) is 10. The fraction of sp³-hybridized carbons (Fsp3) is 0.385. The van der Waals surface area contributed by atoms with Gasteiger partial charge in [-0.3, -0.25) is 0 Å². The first-order valence-electron chi connectivity index (χ1n) is 17.0. The van der Waals surface area contributed by atoms with Crippen molar-refractivity contribution in [2.45, 2.75) is 56.4 Å². The van der Waals surface area contributed by atoms with E-state index in [-0.39, 0.29) is 26.3 Å². The van der Waals surface area contributed by atoms with E-state index in [1.54, 1.807) is 87.0 Å². The Balaban J connectivity index is 1.54. The second-order valence-electron chi connectivity index (χ2n) is 12.4. The number of aliphatic hydroxyl groups is 2. The largest absolute Gasteiger partial charge is 0.492 e. The van der Waals surface area contributed by atoms with E-state index in [9.17, 15) is 10.2 Å². The molecule has 1 aliphatic rings. The van der Waals surface area contributed by atoms with Crippen molar-refractivity contribution in [1.82, 2.24) is 8.61 Å². The van der Waals surface area contributed by atoms with E-state index in [4.69, 9.17) is 28.4 Å². The Bertz CT molecular complexity index is 1740. The average molecular weight is 737 g/mol. The average Bonchev–Trinajstić information content (AvgIpc) is 3.22. The lowest BCUT2D eigenvalue weighted by Crippen LogP contribution is -2.52. The highest BCUT2D eigenvalue weighted by molar-refractivity contribution is 7.86. The molecule has 0 aliphatic carbocycles. The van der Waals surface area contributed by atoms with Gasteiger partial charge in [0.05, 0.1) is 12.1 Å². The van der Waals surface area contributed by atoms with Crippen LogP contribution in [-0.4, -0.2) is 99.5 Å². The van der Waals surface area contributed by atoms with Gasteiger partial charge in [-0.15, -0.1) is 0 Å². The van der Waals surface area contributed by atoms with E-state index < -0.39 is 47.1 Å². The Morgan fingerprint density at radius 2 is 0.981 bits per heavy atom. The molecule has 12 nitrogen and oxygen atoms in total. The van der Waals surface area contributed by atoms with Gasteiger partial charge in [-0.1, -0.05) is 84.9 Å². The lowest BCUT2D eigenvalue weighted by atomic mass is 9.98. The van der Waals surface area contributed by atoms with Gasteiger partial charge in [0, 0.05) is 53.5 Å². The summed E-state index contributed by atoms with van der Waals surface area (Å²) >= 11 is 0. The number of hydrogen-bond donors (Lipinski definition) is 2. The first-order chi connectivity index (χ1) is 25.2. The SMILES string of the molecule is COC(Cc1ccc(CN2C(COc3ccccc3)C(O)C(O)C(COc3ccccc3)N(Cc3ccc(C(OC)OC)cc3)S2(=O)=O)cc1)OC. The molecule has 4 aromatic rings. The molecule has 0 saturated carbocycles. The van der Waals surface area contributed by atoms with Crippen LogP contribution in [0.1, 0.15) is 28.5 Å². The molecule has 52 heavy (non-hydrogen) atoms. The Labute approximate surface area is 306 Å². The van der Waals surface area contributed by atoms with Gasteiger partial charge in [0.1, 0.15) is 36.9 Å². The molecule has 1 fully saturated rings. The van der Waals surface area contributed by atoms with Crippen LogP contribution in [0.2, 0.25) is 0 Å². The monoisotopic (exact) mass is 736 g/mol. The normalized spacial score (nSPS) is 20.9. The standard InChI is InChI=1S/C39H48N2O10S/c1-46-36(47-2)23-28-15-17-29(18-16-28)24-40-34(26-50-32-11-7-5-8-12-32)37(42)38(43)35(27-51-33-13-9-6-10-14-33)41(52(40,44)45)25-30-19-21-31(22-20-30)39(48-3)49-4/h5-22,34-39,42-43H,23-27H2,1-4H3. The van der Waals surface area contributed by atoms with Crippen LogP contribution < -0.4 is 9.47 Å². The highest BCUT2D eigenvalue weighted by Crippen LogP contribution is 2.32. The van der Waals surface area contributed by atoms with Crippen molar-refractivity contribution in [1.29, 1.82) is 0 Å². The quantitative estimate of drug-likeness (QED) is 0.151. The number of rotatable bonds is 17. The topological polar surface area (TPSA) is 136 Å². The molecular weight excluding hydrogens is 689 g/mol. The predicted molar refractivity (Wildman–Crippen MR) is 195 cm³/mol. The molecule has 0 amide bonds. The van der Waals surface area contributed by atoms with E-state index in [0.717, 1.165) is 11.1 Å². The molecule has 280 valence electrons. The summed E-state index contributed by atoms with van der Waals surface area (Å²) in [5.74, 6) is 0.984. The maximum Gasteiger partial charge on any atom is 0.283 e. The maximum absolute atomic E-state index is 15.1. The van der Waals surface area contributed by atoms with Gasteiger partial charge in [-0.2, -0.15) is 17.0 Å². The van der Waals surface area contributed by atoms with E-state index in [0.29, 0.717) is 29.0 Å². The molecule has 4 atom stereocenters. The fourth-order valence-corrected chi connectivity index (χ4v) is 8.12. The summed E-state index contributed by atoms with van der Waals surface area (Å²) in [6, 6.07) is 30.1. The van der Waals surface area contributed by atoms with Crippen LogP contribution in [0.15, 0.2) is 109 Å². The molecular formula is C39H48N2O10S. The molecule has 0 bridgehead atoms. The van der Waals surface area contributed by atoms with Crippen LogP contribution in [0, 0.1) is 0 Å². The minimum atomic E-state index is -4.45. The predicted octanol–water partition coefficient (Wildman–Crippen LogP) is 4.32. The number of para-hydroxylation sites is 2. The number of aliphatic hydroxyl groups excluding tert-OH is 2. The molecule has 13 heteroatoms. The number of ether oxygens (including phenoxy) is 6. The minimum absolute atomic E-state index is 0.113. The molecule has 4 aromatic carbocycles. The van der Waals surface area contributed by atoms with E-state index >= 15 is 8.42 Å². The van der Waals surface area contributed by atoms with Crippen molar-refractivity contribution in [3.8, 4) is 11.5 Å². The van der Waals surface area contributed by atoms with Crippen LogP contribution in [0.3, 0.4) is 0 Å². The molecule has 1 aliphatic heterocycles. The lowest BCUT2D eigenvalue weighted by Gasteiger charge is -2.34. The molecule has 0 spiro atoms. The zero-order chi connectivity index (χ0) is 37.1. The third kappa shape index (κ3) is 9.75. The molecule has 1 heterocycles. The number of nitrogens with zero attached hydrogens (tertiary/aromatic N) is 2. The van der Waals surface area contributed by atoms with Crippen LogP contribution in [0.5, 0.6) is 11.5 Å². The van der Waals surface area contributed by atoms with Crippen LogP contribution in [0.4, 0.5) is 0 Å². The Hall–Kier alpha value is -3.89. The summed E-state index contributed by atoms with van der Waals surface area (Å²) in [4.78, 5) is 0. The van der Waals surface area contributed by atoms with Gasteiger partial charge in [-0.05, 0) is 41.0 Å². The first kappa shape index (κ1) is 39.3. The smallest absolute Gasteiger partial charge is 0.283 e. The fourth-order valence-electron chi connectivity index (χ4n) is 6.18. The zero-order valence-electron chi connectivity index (χ0n) is 29.9. The van der Waals surface area contributed by atoms with Gasteiger partial charge in [-0.25, -0.2) is 0 Å². The molecule has 0 radical (unpaired) electrons. The van der Waals surface area contributed by atoms with Crippen molar-refractivity contribution in [2.24, 2.45) is 0 Å². The third-order valence-corrected chi connectivity index (χ3v) is 11.1. The zero-order valence-corrected chi connectivity index (χ0v) is 30.7. The van der Waals surface area contributed by atoms with Gasteiger partial charge in [0.25, 0.3) is 10.2 Å². The summed E-state index contributed by atoms with van der Waals surface area (Å²) in [6.07, 6.45) is -3.63. The summed E-state index contributed by atoms with van der Waals surface area (Å²) in [5.41, 5.74) is 2.98. The Morgan fingerprint density at radius 1 is 0.577 bits per heavy atom. The van der Waals surface area contributed by atoms with Crippen molar-refractivity contribution < 1.29 is 47.1 Å². The molecule has 2 N–H and O–H groups in total. The minimum Gasteiger partial charge on any atom is -0.492 e. The van der Waals surface area contributed by atoms with E-state index in [2.05, 4.69) is 0 Å². The van der Waals surface area contributed by atoms with Crippen molar-refractivity contribution in [3.05, 3.63) is 131 Å². The highest BCUT2D eigenvalue weighted by atomic mass is 32.2. The maximum atomic E-state index is 15.1. The second-order valence-corrected chi connectivity index (χ2v) is 14.3. The third-order valence-electron chi connectivity index (χ3n) is 9.11. The number of benzene rings is 4. The summed E-state index contributed by atoms with van der Waals surface area (Å²) in [5, 5.41) is 23.8. The number of methoxy groups -OCH3 is 4. The van der Waals surface area contributed by atoms with Crippen LogP contribution >= 0.6 is 0 Å². The summed E-state index contributed by atoms with van der Waals surface area (Å²) < 4.78 is 66.2. The van der Waals surface area contributed by atoms with Gasteiger partial charge in [0.15, 0.2) is 12.6 Å². The summed E-state index contributed by atoms with van der Waals surface area (Å²) in [7, 11) is 1.76. The highest BCUT2D eigenvalue weighted by Gasteiger charge is 2.51. The van der Waals surface area contributed by atoms with Gasteiger partial charge >= 0.3 is 0 Å². The molecule has 5 rings (SSSR count). The lowest BCUT2D eigenvalue weighted by molar-refractivity contribution is -0.106. The Morgan fingerprint density at radius 3 is 1.38 bits per heavy atom.